The van der Waals surface area contributed by atoms with Gasteiger partial charge in [0.2, 0.25) is 0 Å². The molecule has 100 valence electrons. The van der Waals surface area contributed by atoms with E-state index in [1.807, 2.05) is 13.1 Å². The number of hydrogen-bond acceptors (Lipinski definition) is 3. The fourth-order valence-electron chi connectivity index (χ4n) is 1.89. The van der Waals surface area contributed by atoms with E-state index in [-0.39, 0.29) is 12.3 Å². The van der Waals surface area contributed by atoms with Gasteiger partial charge in [-0.3, -0.25) is 4.79 Å². The minimum absolute atomic E-state index is 0.0551. The van der Waals surface area contributed by atoms with E-state index in [2.05, 4.69) is 6.07 Å². The predicted octanol–water partition coefficient (Wildman–Crippen LogP) is 3.53. The van der Waals surface area contributed by atoms with Crippen molar-refractivity contribution in [3.05, 3.63) is 64.7 Å². The van der Waals surface area contributed by atoms with Crippen molar-refractivity contribution in [2.75, 3.05) is 18.5 Å². The average Bonchev–Trinajstić information content (AvgIpc) is 2.47. The summed E-state index contributed by atoms with van der Waals surface area (Å²) < 4.78 is 0. The van der Waals surface area contributed by atoms with E-state index in [1.54, 1.807) is 47.4 Å². The molecule has 2 rings (SSSR count). The fourth-order valence-corrected chi connectivity index (χ4v) is 2.13. The molecule has 0 radical (unpaired) electrons. The number of benzene rings is 2. The Balaban J connectivity index is 2.15. The van der Waals surface area contributed by atoms with E-state index in [4.69, 9.17) is 16.9 Å². The summed E-state index contributed by atoms with van der Waals surface area (Å²) in [7, 11) is 1.81. The second kappa shape index (κ2) is 6.23. The number of likely N-dealkylation sites (N-methyl/N-ethyl adjacent to an activating group) is 1. The summed E-state index contributed by atoms with van der Waals surface area (Å²) in [6.07, 6.45) is 0. The van der Waals surface area contributed by atoms with Crippen LogP contribution >= 0.6 is 11.6 Å². The number of carbonyl (C=O) groups excluding carboxylic acids is 1. The number of anilines is 1. The zero-order valence-corrected chi connectivity index (χ0v) is 11.8. The van der Waals surface area contributed by atoms with Crippen molar-refractivity contribution in [2.24, 2.45) is 0 Å². The summed E-state index contributed by atoms with van der Waals surface area (Å²) in [6, 6.07) is 16.2. The molecule has 2 aromatic rings. The number of Topliss-reactive ketones (excluding diaryl/α,β-unsaturated/α-hetero) is 1. The molecule has 0 aromatic heterocycles. The number of carbonyl (C=O) groups is 1. The highest BCUT2D eigenvalue weighted by atomic mass is 35.5. The van der Waals surface area contributed by atoms with Gasteiger partial charge in [-0.1, -0.05) is 29.8 Å². The number of ketones is 1. The highest BCUT2D eigenvalue weighted by Crippen LogP contribution is 2.18. The van der Waals surface area contributed by atoms with Gasteiger partial charge in [-0.2, -0.15) is 5.26 Å². The third-order valence-corrected chi connectivity index (χ3v) is 3.30. The van der Waals surface area contributed by atoms with Crippen molar-refractivity contribution in [3.63, 3.8) is 0 Å². The fraction of sp³-hybridized carbons (Fsp3) is 0.125. The maximum Gasteiger partial charge on any atom is 0.183 e. The normalized spacial score (nSPS) is 9.85. The second-order valence-electron chi connectivity index (χ2n) is 4.42. The first-order valence-corrected chi connectivity index (χ1v) is 6.48. The highest BCUT2D eigenvalue weighted by Gasteiger charge is 2.13. The van der Waals surface area contributed by atoms with Gasteiger partial charge in [0.15, 0.2) is 5.78 Å². The smallest absolute Gasteiger partial charge is 0.183 e. The maximum absolute atomic E-state index is 12.2. The van der Waals surface area contributed by atoms with Crippen LogP contribution in [0.5, 0.6) is 0 Å². The molecule has 0 aliphatic heterocycles. The number of rotatable bonds is 4. The molecule has 0 aliphatic rings. The Morgan fingerprint density at radius 1 is 1.25 bits per heavy atom. The van der Waals surface area contributed by atoms with Gasteiger partial charge >= 0.3 is 0 Å². The lowest BCUT2D eigenvalue weighted by Crippen LogP contribution is -2.25. The number of halogens is 1. The molecule has 20 heavy (non-hydrogen) atoms. The summed E-state index contributed by atoms with van der Waals surface area (Å²) in [4.78, 5) is 14.0. The molecular weight excluding hydrogens is 272 g/mol. The molecule has 3 nitrogen and oxygen atoms in total. The Kier molecular flexibility index (Phi) is 4.39. The van der Waals surface area contributed by atoms with E-state index in [0.717, 1.165) is 5.69 Å². The average molecular weight is 285 g/mol. The summed E-state index contributed by atoms with van der Waals surface area (Å²) in [5.41, 5.74) is 1.90. The molecule has 0 atom stereocenters. The molecule has 0 amide bonds. The molecule has 0 heterocycles. The van der Waals surface area contributed by atoms with Crippen LogP contribution in [0.2, 0.25) is 5.02 Å². The van der Waals surface area contributed by atoms with Crippen molar-refractivity contribution in [1.82, 2.24) is 0 Å². The van der Waals surface area contributed by atoms with Crippen molar-refractivity contribution < 1.29 is 4.79 Å². The second-order valence-corrected chi connectivity index (χ2v) is 4.83. The quantitative estimate of drug-likeness (QED) is 0.807. The lowest BCUT2D eigenvalue weighted by molar-refractivity contribution is 0.100. The van der Waals surface area contributed by atoms with Crippen molar-refractivity contribution in [3.8, 4) is 6.07 Å². The zero-order chi connectivity index (χ0) is 14.5. The van der Waals surface area contributed by atoms with Crippen molar-refractivity contribution in [1.29, 1.82) is 5.26 Å². The predicted molar refractivity (Wildman–Crippen MR) is 80.2 cm³/mol. The number of hydrogen-bond donors (Lipinski definition) is 0. The molecule has 0 fully saturated rings. The molecule has 2 aromatic carbocycles. The molecule has 0 saturated carbocycles. The van der Waals surface area contributed by atoms with Gasteiger partial charge in [0, 0.05) is 18.3 Å². The van der Waals surface area contributed by atoms with Gasteiger partial charge in [0.25, 0.3) is 0 Å². The number of nitriles is 1. The Bertz CT molecular complexity index is 676. The van der Waals surface area contributed by atoms with Crippen LogP contribution in [0.4, 0.5) is 5.69 Å². The van der Waals surface area contributed by atoms with E-state index in [0.29, 0.717) is 16.1 Å². The number of nitrogens with zero attached hydrogens (tertiary/aromatic N) is 2. The van der Waals surface area contributed by atoms with Crippen LogP contribution in [0.15, 0.2) is 48.5 Å². The Morgan fingerprint density at radius 3 is 2.70 bits per heavy atom. The van der Waals surface area contributed by atoms with E-state index in [1.165, 1.54) is 0 Å². The Labute approximate surface area is 123 Å². The largest absolute Gasteiger partial charge is 0.367 e. The summed E-state index contributed by atoms with van der Waals surface area (Å²) in [6.45, 7) is 0.207. The molecule has 0 spiro atoms. The molecule has 0 N–H and O–H groups in total. The van der Waals surface area contributed by atoms with Crippen molar-refractivity contribution in [2.45, 2.75) is 0 Å². The Hall–Kier alpha value is -2.31. The van der Waals surface area contributed by atoms with Crippen LogP contribution in [0, 0.1) is 11.3 Å². The van der Waals surface area contributed by atoms with Crippen LogP contribution in [-0.4, -0.2) is 19.4 Å². The standard InChI is InChI=1S/C16H13ClN2O/c1-19(13-6-4-5-12(9-13)10-18)11-16(20)14-7-2-3-8-15(14)17/h2-9H,11H2,1H3. The molecule has 0 saturated heterocycles. The first kappa shape index (κ1) is 14.1. The van der Waals surface area contributed by atoms with E-state index >= 15 is 0 Å². The molecule has 4 heteroatoms. The van der Waals surface area contributed by atoms with Crippen LogP contribution in [0.3, 0.4) is 0 Å². The molecule has 0 bridgehead atoms. The van der Waals surface area contributed by atoms with E-state index < -0.39 is 0 Å². The third kappa shape index (κ3) is 3.17. The topological polar surface area (TPSA) is 44.1 Å². The SMILES string of the molecule is CN(CC(=O)c1ccccc1Cl)c1cccc(C#N)c1. The lowest BCUT2D eigenvalue weighted by atomic mass is 10.1. The summed E-state index contributed by atoms with van der Waals surface area (Å²) >= 11 is 6.01. The van der Waals surface area contributed by atoms with Crippen LogP contribution < -0.4 is 4.90 Å². The first-order valence-electron chi connectivity index (χ1n) is 6.11. The lowest BCUT2D eigenvalue weighted by Gasteiger charge is -2.18. The molecule has 0 aliphatic carbocycles. The van der Waals surface area contributed by atoms with Crippen LogP contribution in [0.1, 0.15) is 15.9 Å². The van der Waals surface area contributed by atoms with Gasteiger partial charge in [-0.25, -0.2) is 0 Å². The molecule has 0 unspecified atom stereocenters. The van der Waals surface area contributed by atoms with Crippen LogP contribution in [0.25, 0.3) is 0 Å². The van der Waals surface area contributed by atoms with Gasteiger partial charge < -0.3 is 4.90 Å². The van der Waals surface area contributed by atoms with Gasteiger partial charge in [0.05, 0.1) is 23.2 Å². The molecular formula is C16H13ClN2O. The van der Waals surface area contributed by atoms with Gasteiger partial charge in [-0.15, -0.1) is 0 Å². The van der Waals surface area contributed by atoms with Crippen LogP contribution in [-0.2, 0) is 0 Å². The minimum Gasteiger partial charge on any atom is -0.367 e. The third-order valence-electron chi connectivity index (χ3n) is 2.97. The maximum atomic E-state index is 12.2. The first-order chi connectivity index (χ1) is 9.61. The van der Waals surface area contributed by atoms with Gasteiger partial charge in [-0.05, 0) is 30.3 Å². The zero-order valence-electron chi connectivity index (χ0n) is 11.0. The summed E-state index contributed by atoms with van der Waals surface area (Å²) in [5, 5.41) is 9.34. The Morgan fingerprint density at radius 2 is 2.00 bits per heavy atom. The van der Waals surface area contributed by atoms with Gasteiger partial charge in [0.1, 0.15) is 0 Å². The van der Waals surface area contributed by atoms with Crippen molar-refractivity contribution >= 4 is 23.1 Å². The monoisotopic (exact) mass is 284 g/mol. The van der Waals surface area contributed by atoms with E-state index in [9.17, 15) is 4.79 Å². The highest BCUT2D eigenvalue weighted by molar-refractivity contribution is 6.34. The summed E-state index contributed by atoms with van der Waals surface area (Å²) in [5.74, 6) is -0.0551. The minimum atomic E-state index is -0.0551.